The molecule has 5 nitrogen and oxygen atoms in total. The molecule has 0 amide bonds. The van der Waals surface area contributed by atoms with Gasteiger partial charge in [0, 0.05) is 0 Å². The first-order valence-electron chi connectivity index (χ1n) is 8.94. The molecule has 1 heterocycles. The van der Waals surface area contributed by atoms with E-state index < -0.39 is 18.1 Å². The summed E-state index contributed by atoms with van der Waals surface area (Å²) in [5.74, 6) is -0.185. The first-order valence-corrected chi connectivity index (χ1v) is 8.94. The highest BCUT2D eigenvalue weighted by atomic mass is 19.4. The number of hydrogen-bond acceptors (Lipinski definition) is 4. The monoisotopic (exact) mass is 406 g/mol. The summed E-state index contributed by atoms with van der Waals surface area (Å²) in [5.41, 5.74) is 1.49. The molecule has 1 aromatic heterocycles. The van der Waals surface area contributed by atoms with E-state index in [-0.39, 0.29) is 18.7 Å². The Labute approximate surface area is 166 Å². The predicted octanol–water partition coefficient (Wildman–Crippen LogP) is 4.23. The van der Waals surface area contributed by atoms with Gasteiger partial charge < -0.3 is 19.1 Å². The molecule has 1 N–H and O–H groups in total. The Morgan fingerprint density at radius 3 is 2.66 bits per heavy atom. The average Bonchev–Trinajstić information content (AvgIpc) is 3.06. The fourth-order valence-electron chi connectivity index (χ4n) is 3.05. The molecule has 1 unspecified atom stereocenters. The lowest BCUT2D eigenvalue weighted by molar-refractivity contribution is -0.147. The van der Waals surface area contributed by atoms with E-state index in [1.165, 1.54) is 19.2 Å². The molecule has 29 heavy (non-hydrogen) atoms. The van der Waals surface area contributed by atoms with E-state index in [0.717, 1.165) is 10.1 Å². The van der Waals surface area contributed by atoms with Crippen molar-refractivity contribution in [3.05, 3.63) is 66.5 Å². The van der Waals surface area contributed by atoms with Gasteiger partial charge in [0.05, 0.1) is 24.7 Å². The van der Waals surface area contributed by atoms with E-state index in [9.17, 15) is 18.3 Å². The summed E-state index contributed by atoms with van der Waals surface area (Å²) in [6.07, 6.45) is -3.41. The van der Waals surface area contributed by atoms with Crippen molar-refractivity contribution < 1.29 is 27.8 Å². The number of rotatable bonds is 8. The van der Waals surface area contributed by atoms with Crippen LogP contribution in [-0.2, 0) is 19.1 Å². The van der Waals surface area contributed by atoms with Gasteiger partial charge in [-0.15, -0.1) is 6.58 Å². The van der Waals surface area contributed by atoms with Crippen LogP contribution in [-0.4, -0.2) is 34.5 Å². The maximum Gasteiger partial charge on any atom is 0.449 e. The summed E-state index contributed by atoms with van der Waals surface area (Å²) in [6, 6.07) is 11.6. The number of aromatic nitrogens is 2. The lowest BCUT2D eigenvalue weighted by Crippen LogP contribution is -2.26. The minimum absolute atomic E-state index is 0.207. The van der Waals surface area contributed by atoms with Crippen LogP contribution in [0.25, 0.3) is 11.0 Å². The van der Waals surface area contributed by atoms with Crippen LogP contribution in [0.3, 0.4) is 0 Å². The Kier molecular flexibility index (Phi) is 6.12. The lowest BCUT2D eigenvalue weighted by atomic mass is 10.1. The van der Waals surface area contributed by atoms with Crippen molar-refractivity contribution in [3.63, 3.8) is 0 Å². The van der Waals surface area contributed by atoms with Gasteiger partial charge in [0.1, 0.15) is 12.7 Å². The smallest absolute Gasteiger partial charge is 0.449 e. The Morgan fingerprint density at radius 1 is 1.21 bits per heavy atom. The highest BCUT2D eigenvalue weighted by Crippen LogP contribution is 2.32. The van der Waals surface area contributed by atoms with E-state index in [2.05, 4.69) is 11.6 Å². The van der Waals surface area contributed by atoms with Gasteiger partial charge in [-0.2, -0.15) is 13.2 Å². The molecule has 154 valence electrons. The van der Waals surface area contributed by atoms with Crippen LogP contribution in [0.15, 0.2) is 55.1 Å². The molecule has 0 saturated carbocycles. The van der Waals surface area contributed by atoms with Crippen molar-refractivity contribution in [2.75, 3.05) is 13.7 Å². The zero-order valence-corrected chi connectivity index (χ0v) is 15.8. The number of aliphatic hydroxyl groups is 1. The number of allylic oxidation sites excluding steroid dienone is 1. The first kappa shape index (κ1) is 20.7. The van der Waals surface area contributed by atoms with Gasteiger partial charge in [-0.05, 0) is 36.2 Å². The van der Waals surface area contributed by atoms with Gasteiger partial charge >= 0.3 is 6.18 Å². The summed E-state index contributed by atoms with van der Waals surface area (Å²) >= 11 is 0. The van der Waals surface area contributed by atoms with Crippen LogP contribution in [0.5, 0.6) is 11.5 Å². The second-order valence-electron chi connectivity index (χ2n) is 6.48. The first-order chi connectivity index (χ1) is 13.8. The number of alkyl halides is 3. The fourth-order valence-corrected chi connectivity index (χ4v) is 3.05. The number of ether oxygens (including phenoxy) is 2. The number of methoxy groups -OCH3 is 1. The lowest BCUT2D eigenvalue weighted by Gasteiger charge is -2.17. The Morgan fingerprint density at radius 2 is 1.97 bits per heavy atom. The van der Waals surface area contributed by atoms with E-state index in [0.29, 0.717) is 23.4 Å². The Hall–Kier alpha value is -3.00. The normalized spacial score (nSPS) is 12.7. The molecule has 0 bridgehead atoms. The van der Waals surface area contributed by atoms with Gasteiger partial charge in [-0.25, -0.2) is 4.98 Å². The number of imidazole rings is 1. The molecule has 2 aromatic carbocycles. The SMILES string of the molecule is C=CCc1ccc(OCC(O)Cn2c(C(F)(F)F)nc3ccccc32)c(OC)c1. The maximum absolute atomic E-state index is 13.4. The Bertz CT molecular complexity index is 998. The minimum Gasteiger partial charge on any atom is -0.493 e. The quantitative estimate of drug-likeness (QED) is 0.569. The summed E-state index contributed by atoms with van der Waals surface area (Å²) < 4.78 is 51.9. The highest BCUT2D eigenvalue weighted by molar-refractivity contribution is 5.76. The molecule has 0 aliphatic rings. The molecular weight excluding hydrogens is 385 g/mol. The summed E-state index contributed by atoms with van der Waals surface area (Å²) in [6.45, 7) is 3.16. The number of benzene rings is 2. The van der Waals surface area contributed by atoms with Gasteiger partial charge in [-0.3, -0.25) is 0 Å². The number of halogens is 3. The number of hydrogen-bond donors (Lipinski definition) is 1. The zero-order valence-electron chi connectivity index (χ0n) is 15.8. The zero-order chi connectivity index (χ0) is 21.0. The molecule has 0 fully saturated rings. The van der Waals surface area contributed by atoms with Crippen molar-refractivity contribution in [1.82, 2.24) is 9.55 Å². The number of aliphatic hydroxyl groups excluding tert-OH is 1. The second-order valence-corrected chi connectivity index (χ2v) is 6.48. The average molecular weight is 406 g/mol. The van der Waals surface area contributed by atoms with Crippen molar-refractivity contribution in [1.29, 1.82) is 0 Å². The van der Waals surface area contributed by atoms with E-state index in [4.69, 9.17) is 9.47 Å². The number of nitrogens with zero attached hydrogens (tertiary/aromatic N) is 2. The molecule has 0 radical (unpaired) electrons. The third-order valence-corrected chi connectivity index (χ3v) is 4.34. The van der Waals surface area contributed by atoms with Gasteiger partial charge in [-0.1, -0.05) is 24.3 Å². The van der Waals surface area contributed by atoms with E-state index in [1.807, 2.05) is 6.07 Å². The molecule has 3 rings (SSSR count). The number of para-hydroxylation sites is 2. The summed E-state index contributed by atoms with van der Waals surface area (Å²) in [5, 5.41) is 10.3. The van der Waals surface area contributed by atoms with Crippen molar-refractivity contribution in [2.24, 2.45) is 0 Å². The van der Waals surface area contributed by atoms with Crippen molar-refractivity contribution in [3.8, 4) is 11.5 Å². The summed E-state index contributed by atoms with van der Waals surface area (Å²) in [7, 11) is 1.49. The molecular formula is C21H21F3N2O3. The van der Waals surface area contributed by atoms with Crippen LogP contribution in [0.4, 0.5) is 13.2 Å². The van der Waals surface area contributed by atoms with Gasteiger partial charge in [0.25, 0.3) is 0 Å². The van der Waals surface area contributed by atoms with Crippen LogP contribution < -0.4 is 9.47 Å². The summed E-state index contributed by atoms with van der Waals surface area (Å²) in [4.78, 5) is 3.67. The fraction of sp³-hybridized carbons (Fsp3) is 0.286. The maximum atomic E-state index is 13.4. The molecule has 1 atom stereocenters. The van der Waals surface area contributed by atoms with Crippen LogP contribution in [0.1, 0.15) is 11.4 Å². The van der Waals surface area contributed by atoms with Gasteiger partial charge in [0.2, 0.25) is 5.82 Å². The van der Waals surface area contributed by atoms with Crippen molar-refractivity contribution >= 4 is 11.0 Å². The molecule has 0 aliphatic heterocycles. The number of fused-ring (bicyclic) bond motifs is 1. The largest absolute Gasteiger partial charge is 0.493 e. The second kappa shape index (κ2) is 8.57. The van der Waals surface area contributed by atoms with E-state index in [1.54, 1.807) is 30.3 Å². The van der Waals surface area contributed by atoms with Crippen molar-refractivity contribution in [2.45, 2.75) is 25.2 Å². The molecule has 0 spiro atoms. The van der Waals surface area contributed by atoms with Gasteiger partial charge in [0.15, 0.2) is 11.5 Å². The van der Waals surface area contributed by atoms with E-state index >= 15 is 0 Å². The molecule has 0 aliphatic carbocycles. The Balaban J connectivity index is 1.77. The molecule has 0 saturated heterocycles. The predicted molar refractivity (Wildman–Crippen MR) is 103 cm³/mol. The molecule has 8 heteroatoms. The standard InChI is InChI=1S/C21H21F3N2O3/c1-3-6-14-9-10-18(19(11-14)28-2)29-13-15(27)12-26-17-8-5-4-7-16(17)25-20(26)21(22,23)24/h3-5,7-11,15,27H,1,6,12-13H2,2H3. The third-order valence-electron chi connectivity index (χ3n) is 4.34. The van der Waals surface area contributed by atoms with Crippen LogP contribution in [0, 0.1) is 0 Å². The van der Waals surface area contributed by atoms with Crippen LogP contribution in [0.2, 0.25) is 0 Å². The molecule has 3 aromatic rings. The third kappa shape index (κ3) is 4.71. The van der Waals surface area contributed by atoms with Crippen LogP contribution >= 0.6 is 0 Å². The highest BCUT2D eigenvalue weighted by Gasteiger charge is 2.38. The minimum atomic E-state index is -4.64. The topological polar surface area (TPSA) is 56.5 Å².